The molecule has 0 saturated heterocycles. The van der Waals surface area contributed by atoms with E-state index < -0.39 is 0 Å². The number of rotatable bonds is 9. The number of aromatic nitrogens is 1. The SMILES string of the molecule is CCCCCCCCCCc1c(C)[nH]c2ccccc12. The second kappa shape index (κ2) is 8.14. The highest BCUT2D eigenvalue weighted by Crippen LogP contribution is 2.23. The molecule has 0 aliphatic heterocycles. The van der Waals surface area contributed by atoms with Crippen molar-refractivity contribution in [2.75, 3.05) is 0 Å². The van der Waals surface area contributed by atoms with Gasteiger partial charge < -0.3 is 4.98 Å². The number of aryl methyl sites for hydroxylation is 2. The smallest absolute Gasteiger partial charge is 0.0458 e. The third-order valence-corrected chi connectivity index (χ3v) is 4.31. The Hall–Kier alpha value is -1.24. The predicted octanol–water partition coefficient (Wildman–Crippen LogP) is 6.16. The van der Waals surface area contributed by atoms with E-state index >= 15 is 0 Å². The van der Waals surface area contributed by atoms with Crippen molar-refractivity contribution in [3.63, 3.8) is 0 Å². The lowest BCUT2D eigenvalue weighted by Crippen LogP contribution is -1.88. The van der Waals surface area contributed by atoms with Crippen LogP contribution in [-0.2, 0) is 6.42 Å². The van der Waals surface area contributed by atoms with Gasteiger partial charge in [-0.2, -0.15) is 0 Å². The summed E-state index contributed by atoms with van der Waals surface area (Å²) in [6.45, 7) is 4.49. The largest absolute Gasteiger partial charge is 0.358 e. The lowest BCUT2D eigenvalue weighted by atomic mass is 10.0. The van der Waals surface area contributed by atoms with Crippen LogP contribution < -0.4 is 0 Å². The molecule has 1 N–H and O–H groups in total. The molecule has 0 aliphatic carbocycles. The minimum atomic E-state index is 1.23. The van der Waals surface area contributed by atoms with Crippen LogP contribution in [0.15, 0.2) is 24.3 Å². The van der Waals surface area contributed by atoms with Crippen molar-refractivity contribution in [2.45, 2.75) is 71.6 Å². The number of hydrogen-bond donors (Lipinski definition) is 1. The van der Waals surface area contributed by atoms with Gasteiger partial charge in [-0.15, -0.1) is 0 Å². The molecule has 0 saturated carbocycles. The first-order valence-corrected chi connectivity index (χ1v) is 8.39. The Morgan fingerprint density at radius 2 is 1.50 bits per heavy atom. The summed E-state index contributed by atoms with van der Waals surface area (Å²) in [6.07, 6.45) is 12.4. The number of para-hydroxylation sites is 1. The monoisotopic (exact) mass is 271 g/mol. The number of fused-ring (bicyclic) bond motifs is 1. The summed E-state index contributed by atoms with van der Waals surface area (Å²) in [5, 5.41) is 1.42. The Morgan fingerprint density at radius 3 is 2.25 bits per heavy atom. The molecule has 110 valence electrons. The van der Waals surface area contributed by atoms with Crippen LogP contribution in [0.1, 0.15) is 69.5 Å². The fourth-order valence-electron chi connectivity index (χ4n) is 3.09. The summed E-state index contributed by atoms with van der Waals surface area (Å²) in [5.74, 6) is 0. The van der Waals surface area contributed by atoms with E-state index in [0.717, 1.165) is 0 Å². The predicted molar refractivity (Wildman–Crippen MR) is 89.3 cm³/mol. The molecule has 0 spiro atoms. The first-order chi connectivity index (χ1) is 9.83. The van der Waals surface area contributed by atoms with Gasteiger partial charge in [0.2, 0.25) is 0 Å². The zero-order chi connectivity index (χ0) is 14.2. The molecule has 1 aromatic carbocycles. The molecule has 0 atom stereocenters. The van der Waals surface area contributed by atoms with Crippen LogP contribution in [0.5, 0.6) is 0 Å². The summed E-state index contributed by atoms with van der Waals surface area (Å²) >= 11 is 0. The van der Waals surface area contributed by atoms with Crippen LogP contribution >= 0.6 is 0 Å². The molecule has 1 nitrogen and oxygen atoms in total. The van der Waals surface area contributed by atoms with E-state index in [9.17, 15) is 0 Å². The van der Waals surface area contributed by atoms with E-state index in [1.54, 1.807) is 0 Å². The molecule has 2 rings (SSSR count). The van der Waals surface area contributed by atoms with Crippen molar-refractivity contribution in [3.8, 4) is 0 Å². The Balaban J connectivity index is 1.72. The van der Waals surface area contributed by atoms with Crippen LogP contribution in [0.25, 0.3) is 10.9 Å². The Labute approximate surface area is 123 Å². The van der Waals surface area contributed by atoms with Gasteiger partial charge in [0, 0.05) is 16.6 Å². The fraction of sp³-hybridized carbons (Fsp3) is 0.579. The summed E-state index contributed by atoms with van der Waals surface area (Å²) in [6, 6.07) is 8.68. The van der Waals surface area contributed by atoms with Gasteiger partial charge in [0.25, 0.3) is 0 Å². The van der Waals surface area contributed by atoms with Gasteiger partial charge in [-0.3, -0.25) is 0 Å². The van der Waals surface area contributed by atoms with E-state index in [1.807, 2.05) is 0 Å². The molecule has 0 radical (unpaired) electrons. The highest BCUT2D eigenvalue weighted by Gasteiger charge is 2.06. The van der Waals surface area contributed by atoms with Crippen molar-refractivity contribution in [2.24, 2.45) is 0 Å². The van der Waals surface area contributed by atoms with Crippen molar-refractivity contribution < 1.29 is 0 Å². The maximum atomic E-state index is 3.50. The van der Waals surface area contributed by atoms with Gasteiger partial charge in [0.05, 0.1) is 0 Å². The van der Waals surface area contributed by atoms with Crippen molar-refractivity contribution in [1.82, 2.24) is 4.98 Å². The third kappa shape index (κ3) is 4.13. The van der Waals surface area contributed by atoms with Crippen LogP contribution in [-0.4, -0.2) is 4.98 Å². The normalized spacial score (nSPS) is 11.3. The standard InChI is InChI=1S/C19H29N/c1-3-4-5-6-7-8-9-10-13-17-16(2)20-19-15-12-11-14-18(17)19/h11-12,14-15,20H,3-10,13H2,1-2H3. The van der Waals surface area contributed by atoms with Crippen LogP contribution in [0.2, 0.25) is 0 Å². The van der Waals surface area contributed by atoms with E-state index in [0.29, 0.717) is 0 Å². The van der Waals surface area contributed by atoms with Crippen molar-refractivity contribution >= 4 is 10.9 Å². The van der Waals surface area contributed by atoms with Crippen LogP contribution in [0.4, 0.5) is 0 Å². The molecule has 1 heterocycles. The first kappa shape index (κ1) is 15.2. The van der Waals surface area contributed by atoms with E-state index in [2.05, 4.69) is 43.1 Å². The van der Waals surface area contributed by atoms with Gasteiger partial charge in [-0.25, -0.2) is 0 Å². The number of hydrogen-bond acceptors (Lipinski definition) is 0. The number of unbranched alkanes of at least 4 members (excludes halogenated alkanes) is 7. The van der Waals surface area contributed by atoms with E-state index in [4.69, 9.17) is 0 Å². The molecule has 0 aliphatic rings. The summed E-state index contributed by atoms with van der Waals surface area (Å²) in [4.78, 5) is 3.50. The zero-order valence-corrected chi connectivity index (χ0v) is 13.2. The molecule has 0 bridgehead atoms. The van der Waals surface area contributed by atoms with Crippen LogP contribution in [0.3, 0.4) is 0 Å². The van der Waals surface area contributed by atoms with Gasteiger partial charge in [-0.05, 0) is 31.4 Å². The molecule has 0 unspecified atom stereocenters. The second-order valence-corrected chi connectivity index (χ2v) is 6.00. The topological polar surface area (TPSA) is 15.8 Å². The third-order valence-electron chi connectivity index (χ3n) is 4.31. The summed E-state index contributed by atoms with van der Waals surface area (Å²) in [5.41, 5.74) is 4.18. The minimum Gasteiger partial charge on any atom is -0.358 e. The van der Waals surface area contributed by atoms with Crippen molar-refractivity contribution in [1.29, 1.82) is 0 Å². The Kier molecular flexibility index (Phi) is 6.17. The lowest BCUT2D eigenvalue weighted by molar-refractivity contribution is 0.575. The average Bonchev–Trinajstić information content (AvgIpc) is 2.78. The highest BCUT2D eigenvalue weighted by molar-refractivity contribution is 5.84. The molecular formula is C19H29N. The molecular weight excluding hydrogens is 242 g/mol. The van der Waals surface area contributed by atoms with E-state index in [1.165, 1.54) is 79.9 Å². The second-order valence-electron chi connectivity index (χ2n) is 6.00. The Morgan fingerprint density at radius 1 is 0.850 bits per heavy atom. The quantitative estimate of drug-likeness (QED) is 0.526. The Bertz CT molecular complexity index is 509. The van der Waals surface area contributed by atoms with Gasteiger partial charge in [-0.1, -0.05) is 70.1 Å². The van der Waals surface area contributed by atoms with E-state index in [-0.39, 0.29) is 0 Å². The molecule has 1 heteroatoms. The van der Waals surface area contributed by atoms with Gasteiger partial charge >= 0.3 is 0 Å². The molecule has 2 aromatic rings. The van der Waals surface area contributed by atoms with Crippen LogP contribution in [0, 0.1) is 6.92 Å². The van der Waals surface area contributed by atoms with Crippen molar-refractivity contribution in [3.05, 3.63) is 35.5 Å². The number of benzene rings is 1. The molecule has 0 amide bonds. The molecule has 0 fully saturated rings. The average molecular weight is 271 g/mol. The first-order valence-electron chi connectivity index (χ1n) is 8.39. The number of H-pyrrole nitrogens is 1. The van der Waals surface area contributed by atoms with Gasteiger partial charge in [0.15, 0.2) is 0 Å². The maximum Gasteiger partial charge on any atom is 0.0458 e. The number of aromatic amines is 1. The summed E-state index contributed by atoms with van der Waals surface area (Å²) < 4.78 is 0. The number of nitrogens with one attached hydrogen (secondary N) is 1. The lowest BCUT2D eigenvalue weighted by Gasteiger charge is -2.03. The maximum absolute atomic E-state index is 3.50. The van der Waals surface area contributed by atoms with Gasteiger partial charge in [0.1, 0.15) is 0 Å². The zero-order valence-electron chi connectivity index (χ0n) is 13.2. The molecule has 20 heavy (non-hydrogen) atoms. The highest BCUT2D eigenvalue weighted by atomic mass is 14.7. The molecule has 1 aromatic heterocycles. The fourth-order valence-corrected chi connectivity index (χ4v) is 3.09. The minimum absolute atomic E-state index is 1.23. The summed E-state index contributed by atoms with van der Waals surface area (Å²) in [7, 11) is 0.